The van der Waals surface area contributed by atoms with Crippen molar-refractivity contribution in [1.82, 2.24) is 19.8 Å². The van der Waals surface area contributed by atoms with Gasteiger partial charge in [-0.05, 0) is 24.8 Å². The molecule has 0 radical (unpaired) electrons. The van der Waals surface area contributed by atoms with Gasteiger partial charge in [0.25, 0.3) is 0 Å². The lowest BCUT2D eigenvalue weighted by atomic mass is 9.89. The molecule has 1 fully saturated rings. The van der Waals surface area contributed by atoms with Crippen LogP contribution in [-0.4, -0.2) is 51.4 Å². The summed E-state index contributed by atoms with van der Waals surface area (Å²) in [6.07, 6.45) is 5.59. The van der Waals surface area contributed by atoms with E-state index in [2.05, 4.69) is 57.0 Å². The summed E-state index contributed by atoms with van der Waals surface area (Å²) in [5.74, 6) is 0.647. The predicted octanol–water partition coefficient (Wildman–Crippen LogP) is 3.15. The first kappa shape index (κ1) is 17.3. The highest BCUT2D eigenvalue weighted by Crippen LogP contribution is 2.34. The number of likely N-dealkylation sites (tertiary alicyclic amines) is 1. The van der Waals surface area contributed by atoms with E-state index in [4.69, 9.17) is 0 Å². The highest BCUT2D eigenvalue weighted by atomic mass is 16.2. The second kappa shape index (κ2) is 7.62. The first-order valence-electron chi connectivity index (χ1n) is 9.85. The molecule has 1 unspecified atom stereocenters. The number of fused-ring (bicyclic) bond motifs is 1. The normalized spacial score (nSPS) is 21.6. The van der Waals surface area contributed by atoms with E-state index >= 15 is 0 Å². The van der Waals surface area contributed by atoms with Crippen LogP contribution in [0.15, 0.2) is 36.7 Å². The Hall–Kier alpha value is -2.14. The SMILES string of the molecule is CCCC(=O)N1CCC(N2Cc3[nH]cnc3C(c3ccccc3)C2)CC1. The van der Waals surface area contributed by atoms with Crippen LogP contribution in [0, 0.1) is 0 Å². The molecule has 1 amide bonds. The molecule has 4 rings (SSSR count). The zero-order valence-electron chi connectivity index (χ0n) is 15.5. The number of piperidine rings is 1. The van der Waals surface area contributed by atoms with Crippen LogP contribution < -0.4 is 0 Å². The first-order chi connectivity index (χ1) is 12.8. The quantitative estimate of drug-likeness (QED) is 0.920. The number of aromatic nitrogens is 2. The second-order valence-corrected chi connectivity index (χ2v) is 7.52. The number of carbonyl (C=O) groups excluding carboxylic acids is 1. The molecule has 1 atom stereocenters. The molecule has 0 saturated carbocycles. The summed E-state index contributed by atoms with van der Waals surface area (Å²) in [5.41, 5.74) is 3.78. The van der Waals surface area contributed by atoms with Crippen LogP contribution in [0.5, 0.6) is 0 Å². The van der Waals surface area contributed by atoms with Crippen molar-refractivity contribution in [3.8, 4) is 0 Å². The molecule has 1 aromatic heterocycles. The van der Waals surface area contributed by atoms with E-state index in [1.807, 2.05) is 6.33 Å². The molecule has 5 heteroatoms. The molecule has 1 aromatic carbocycles. The van der Waals surface area contributed by atoms with Crippen molar-refractivity contribution in [2.24, 2.45) is 0 Å². The Balaban J connectivity index is 1.47. The number of carbonyl (C=O) groups is 1. The molecule has 2 aromatic rings. The fraction of sp³-hybridized carbons (Fsp3) is 0.524. The molecule has 3 heterocycles. The van der Waals surface area contributed by atoms with Gasteiger partial charge in [0.1, 0.15) is 0 Å². The number of amides is 1. The van der Waals surface area contributed by atoms with Crippen molar-refractivity contribution in [2.75, 3.05) is 19.6 Å². The lowest BCUT2D eigenvalue weighted by molar-refractivity contribution is -0.132. The van der Waals surface area contributed by atoms with Crippen molar-refractivity contribution in [3.05, 3.63) is 53.6 Å². The van der Waals surface area contributed by atoms with Gasteiger partial charge >= 0.3 is 0 Å². The lowest BCUT2D eigenvalue weighted by Crippen LogP contribution is -2.48. The number of aromatic amines is 1. The third-order valence-electron chi connectivity index (χ3n) is 5.86. The summed E-state index contributed by atoms with van der Waals surface area (Å²) in [5, 5.41) is 0. The van der Waals surface area contributed by atoms with Gasteiger partial charge in [0, 0.05) is 44.6 Å². The molecule has 26 heavy (non-hydrogen) atoms. The number of nitrogens with zero attached hydrogens (tertiary/aromatic N) is 3. The van der Waals surface area contributed by atoms with E-state index in [0.717, 1.165) is 45.4 Å². The number of nitrogens with one attached hydrogen (secondary N) is 1. The zero-order chi connectivity index (χ0) is 17.9. The van der Waals surface area contributed by atoms with Gasteiger partial charge in [0.15, 0.2) is 0 Å². The number of H-pyrrole nitrogens is 1. The van der Waals surface area contributed by atoms with Gasteiger partial charge in [0.2, 0.25) is 5.91 Å². The number of imidazole rings is 1. The summed E-state index contributed by atoms with van der Waals surface area (Å²) in [6.45, 7) is 5.81. The summed E-state index contributed by atoms with van der Waals surface area (Å²) in [4.78, 5) is 24.8. The number of rotatable bonds is 4. The average Bonchev–Trinajstić information content (AvgIpc) is 3.17. The molecule has 5 nitrogen and oxygen atoms in total. The van der Waals surface area contributed by atoms with E-state index in [9.17, 15) is 4.79 Å². The van der Waals surface area contributed by atoms with E-state index < -0.39 is 0 Å². The molecular formula is C21H28N4O. The molecule has 0 bridgehead atoms. The Kier molecular flexibility index (Phi) is 5.07. The van der Waals surface area contributed by atoms with Crippen molar-refractivity contribution in [1.29, 1.82) is 0 Å². The summed E-state index contributed by atoms with van der Waals surface area (Å²) in [6, 6.07) is 11.2. The van der Waals surface area contributed by atoms with Crippen LogP contribution in [-0.2, 0) is 11.3 Å². The van der Waals surface area contributed by atoms with Crippen LogP contribution in [0.25, 0.3) is 0 Å². The molecule has 0 spiro atoms. The first-order valence-corrected chi connectivity index (χ1v) is 9.85. The molecule has 1 N–H and O–H groups in total. The maximum atomic E-state index is 12.1. The summed E-state index contributed by atoms with van der Waals surface area (Å²) < 4.78 is 0. The Labute approximate surface area is 155 Å². The molecular weight excluding hydrogens is 324 g/mol. The van der Waals surface area contributed by atoms with Gasteiger partial charge in [-0.3, -0.25) is 9.69 Å². The zero-order valence-corrected chi connectivity index (χ0v) is 15.5. The highest BCUT2D eigenvalue weighted by Gasteiger charge is 2.34. The third-order valence-corrected chi connectivity index (χ3v) is 5.86. The summed E-state index contributed by atoms with van der Waals surface area (Å²) in [7, 11) is 0. The standard InChI is InChI=1S/C21H28N4O/c1-2-6-20(26)24-11-9-17(10-12-24)25-13-18(16-7-4-3-5-8-16)21-19(14-25)22-15-23-21/h3-5,7-8,15,17-18H,2,6,9-14H2,1H3,(H,22,23). The predicted molar refractivity (Wildman–Crippen MR) is 102 cm³/mol. The van der Waals surface area contributed by atoms with Crippen LogP contribution in [0.2, 0.25) is 0 Å². The highest BCUT2D eigenvalue weighted by molar-refractivity contribution is 5.76. The molecule has 0 aliphatic carbocycles. The topological polar surface area (TPSA) is 52.2 Å². The van der Waals surface area contributed by atoms with Crippen LogP contribution in [0.1, 0.15) is 55.5 Å². The smallest absolute Gasteiger partial charge is 0.222 e. The fourth-order valence-electron chi connectivity index (χ4n) is 4.43. The van der Waals surface area contributed by atoms with Gasteiger partial charge in [-0.2, -0.15) is 0 Å². The van der Waals surface area contributed by atoms with Crippen molar-refractivity contribution >= 4 is 5.91 Å². The van der Waals surface area contributed by atoms with Gasteiger partial charge in [0.05, 0.1) is 17.7 Å². The van der Waals surface area contributed by atoms with Gasteiger partial charge < -0.3 is 9.88 Å². The molecule has 138 valence electrons. The Morgan fingerprint density at radius 2 is 2.00 bits per heavy atom. The maximum absolute atomic E-state index is 12.1. The van der Waals surface area contributed by atoms with E-state index in [-0.39, 0.29) is 0 Å². The van der Waals surface area contributed by atoms with Crippen molar-refractivity contribution in [3.63, 3.8) is 0 Å². The average molecular weight is 352 g/mol. The minimum atomic E-state index is 0.322. The Bertz CT molecular complexity index is 733. The van der Waals surface area contributed by atoms with Gasteiger partial charge in [-0.1, -0.05) is 37.3 Å². The Morgan fingerprint density at radius 3 is 2.73 bits per heavy atom. The summed E-state index contributed by atoms with van der Waals surface area (Å²) >= 11 is 0. The third kappa shape index (κ3) is 3.40. The number of hydrogen-bond donors (Lipinski definition) is 1. The van der Waals surface area contributed by atoms with Crippen molar-refractivity contribution in [2.45, 2.75) is 51.1 Å². The van der Waals surface area contributed by atoms with E-state index in [0.29, 0.717) is 24.3 Å². The van der Waals surface area contributed by atoms with Crippen LogP contribution in [0.3, 0.4) is 0 Å². The number of hydrogen-bond acceptors (Lipinski definition) is 3. The van der Waals surface area contributed by atoms with Gasteiger partial charge in [-0.15, -0.1) is 0 Å². The number of benzene rings is 1. The molecule has 2 aliphatic heterocycles. The molecule has 1 saturated heterocycles. The lowest BCUT2D eigenvalue weighted by Gasteiger charge is -2.42. The van der Waals surface area contributed by atoms with E-state index in [1.165, 1.54) is 17.0 Å². The van der Waals surface area contributed by atoms with Crippen molar-refractivity contribution < 1.29 is 4.79 Å². The largest absolute Gasteiger partial charge is 0.347 e. The molecule has 2 aliphatic rings. The Morgan fingerprint density at radius 1 is 1.23 bits per heavy atom. The minimum absolute atomic E-state index is 0.322. The fourth-order valence-corrected chi connectivity index (χ4v) is 4.43. The monoisotopic (exact) mass is 352 g/mol. The second-order valence-electron chi connectivity index (χ2n) is 7.52. The van der Waals surface area contributed by atoms with E-state index in [1.54, 1.807) is 0 Å². The van der Waals surface area contributed by atoms with Crippen LogP contribution >= 0.6 is 0 Å². The van der Waals surface area contributed by atoms with Crippen LogP contribution in [0.4, 0.5) is 0 Å². The minimum Gasteiger partial charge on any atom is -0.347 e. The maximum Gasteiger partial charge on any atom is 0.222 e. The van der Waals surface area contributed by atoms with Gasteiger partial charge in [-0.25, -0.2) is 4.98 Å².